The monoisotopic (exact) mass is 285 g/mol. The molecule has 1 saturated heterocycles. The first kappa shape index (κ1) is 16.9. The van der Waals surface area contributed by atoms with Gasteiger partial charge < -0.3 is 20.7 Å². The lowest BCUT2D eigenvalue weighted by Gasteiger charge is -2.32. The molecule has 1 heterocycles. The van der Waals surface area contributed by atoms with E-state index in [0.717, 1.165) is 19.4 Å². The lowest BCUT2D eigenvalue weighted by Crippen LogP contribution is -2.46. The SMILES string of the molecule is CC(C)OCCC(=O)N1CCCC(C(=O)NCCN)C1. The Morgan fingerprint density at radius 3 is 2.85 bits per heavy atom. The molecule has 1 fully saturated rings. The van der Waals surface area contributed by atoms with Crippen LogP contribution in [0.4, 0.5) is 0 Å². The third kappa shape index (κ3) is 5.88. The molecule has 6 nitrogen and oxygen atoms in total. The molecule has 2 amide bonds. The fourth-order valence-corrected chi connectivity index (χ4v) is 2.30. The van der Waals surface area contributed by atoms with Gasteiger partial charge in [0.15, 0.2) is 0 Å². The van der Waals surface area contributed by atoms with E-state index in [-0.39, 0.29) is 23.8 Å². The van der Waals surface area contributed by atoms with E-state index in [1.54, 1.807) is 4.90 Å². The van der Waals surface area contributed by atoms with Crippen molar-refractivity contribution in [3.05, 3.63) is 0 Å². The summed E-state index contributed by atoms with van der Waals surface area (Å²) in [6.07, 6.45) is 2.23. The molecule has 0 saturated carbocycles. The lowest BCUT2D eigenvalue weighted by molar-refractivity contribution is -0.136. The normalized spacial score (nSPS) is 19.2. The van der Waals surface area contributed by atoms with Gasteiger partial charge in [0.05, 0.1) is 25.0 Å². The molecule has 0 spiro atoms. The summed E-state index contributed by atoms with van der Waals surface area (Å²) >= 11 is 0. The summed E-state index contributed by atoms with van der Waals surface area (Å²) in [4.78, 5) is 25.7. The highest BCUT2D eigenvalue weighted by atomic mass is 16.5. The third-order valence-corrected chi connectivity index (χ3v) is 3.36. The first-order valence-corrected chi connectivity index (χ1v) is 7.41. The van der Waals surface area contributed by atoms with Crippen LogP contribution < -0.4 is 11.1 Å². The predicted molar refractivity (Wildman–Crippen MR) is 77.1 cm³/mol. The van der Waals surface area contributed by atoms with E-state index in [9.17, 15) is 9.59 Å². The fourth-order valence-electron chi connectivity index (χ4n) is 2.30. The van der Waals surface area contributed by atoms with Crippen LogP contribution >= 0.6 is 0 Å². The largest absolute Gasteiger partial charge is 0.378 e. The second-order valence-electron chi connectivity index (χ2n) is 5.43. The molecule has 6 heteroatoms. The van der Waals surface area contributed by atoms with E-state index in [1.165, 1.54) is 0 Å². The van der Waals surface area contributed by atoms with Crippen molar-refractivity contribution in [1.29, 1.82) is 0 Å². The van der Waals surface area contributed by atoms with Gasteiger partial charge in [-0.25, -0.2) is 0 Å². The first-order chi connectivity index (χ1) is 9.54. The van der Waals surface area contributed by atoms with Crippen molar-refractivity contribution in [2.24, 2.45) is 11.7 Å². The molecule has 0 aliphatic carbocycles. The minimum Gasteiger partial charge on any atom is -0.378 e. The molecular formula is C14H27N3O3. The zero-order valence-electron chi connectivity index (χ0n) is 12.6. The van der Waals surface area contributed by atoms with E-state index >= 15 is 0 Å². The molecule has 0 radical (unpaired) electrons. The number of nitrogens with one attached hydrogen (secondary N) is 1. The van der Waals surface area contributed by atoms with Gasteiger partial charge in [-0.15, -0.1) is 0 Å². The molecule has 1 atom stereocenters. The summed E-state index contributed by atoms with van der Waals surface area (Å²) in [5.74, 6) is -0.0291. The average Bonchev–Trinajstić information content (AvgIpc) is 2.44. The van der Waals surface area contributed by atoms with Crippen LogP contribution in [0.1, 0.15) is 33.1 Å². The number of hydrogen-bond donors (Lipinski definition) is 2. The summed E-state index contributed by atoms with van der Waals surface area (Å²) < 4.78 is 5.39. The number of nitrogens with zero attached hydrogens (tertiary/aromatic N) is 1. The van der Waals surface area contributed by atoms with Crippen molar-refractivity contribution in [3.8, 4) is 0 Å². The van der Waals surface area contributed by atoms with Gasteiger partial charge in [-0.2, -0.15) is 0 Å². The number of nitrogens with two attached hydrogens (primary N) is 1. The average molecular weight is 285 g/mol. The zero-order chi connectivity index (χ0) is 15.0. The minimum absolute atomic E-state index is 0.00591. The van der Waals surface area contributed by atoms with Crippen molar-refractivity contribution < 1.29 is 14.3 Å². The van der Waals surface area contributed by atoms with Gasteiger partial charge >= 0.3 is 0 Å². The highest BCUT2D eigenvalue weighted by molar-refractivity contribution is 5.81. The highest BCUT2D eigenvalue weighted by Crippen LogP contribution is 2.17. The Labute approximate surface area is 121 Å². The smallest absolute Gasteiger partial charge is 0.224 e. The van der Waals surface area contributed by atoms with E-state index in [0.29, 0.717) is 32.7 Å². The summed E-state index contributed by atoms with van der Waals surface area (Å²) in [6.45, 7) is 6.51. The number of carbonyl (C=O) groups excluding carboxylic acids is 2. The first-order valence-electron chi connectivity index (χ1n) is 7.41. The van der Waals surface area contributed by atoms with Gasteiger partial charge in [0, 0.05) is 26.2 Å². The van der Waals surface area contributed by atoms with Crippen molar-refractivity contribution >= 4 is 11.8 Å². The number of amides is 2. The standard InChI is InChI=1S/C14H27N3O3/c1-11(2)20-9-5-13(18)17-8-3-4-12(10-17)14(19)16-7-6-15/h11-12H,3-10,15H2,1-2H3,(H,16,19). The van der Waals surface area contributed by atoms with Crippen LogP contribution in [0.15, 0.2) is 0 Å². The molecule has 0 aromatic carbocycles. The van der Waals surface area contributed by atoms with Crippen LogP contribution in [-0.2, 0) is 14.3 Å². The van der Waals surface area contributed by atoms with E-state index in [4.69, 9.17) is 10.5 Å². The molecule has 3 N–H and O–H groups in total. The summed E-state index contributed by atoms with van der Waals surface area (Å²) in [5, 5.41) is 2.79. The Kier molecular flexibility index (Phi) is 7.54. The van der Waals surface area contributed by atoms with E-state index < -0.39 is 0 Å². The van der Waals surface area contributed by atoms with Gasteiger partial charge in [0.25, 0.3) is 0 Å². The number of rotatable bonds is 7. The molecular weight excluding hydrogens is 258 g/mol. The van der Waals surface area contributed by atoms with E-state index in [2.05, 4.69) is 5.32 Å². The molecule has 1 unspecified atom stereocenters. The molecule has 1 aliphatic heterocycles. The Balaban J connectivity index is 2.35. The predicted octanol–water partition coefficient (Wildman–Crippen LogP) is 0.115. The Bertz CT molecular complexity index is 321. The quantitative estimate of drug-likeness (QED) is 0.695. The Hall–Kier alpha value is -1.14. The second kappa shape index (κ2) is 8.92. The zero-order valence-corrected chi connectivity index (χ0v) is 12.6. The lowest BCUT2D eigenvalue weighted by atomic mass is 9.97. The minimum atomic E-state index is -0.106. The molecule has 116 valence electrons. The van der Waals surface area contributed by atoms with Gasteiger partial charge in [-0.1, -0.05) is 0 Å². The molecule has 0 aromatic heterocycles. The fraction of sp³-hybridized carbons (Fsp3) is 0.857. The van der Waals surface area contributed by atoms with E-state index in [1.807, 2.05) is 13.8 Å². The maximum Gasteiger partial charge on any atom is 0.224 e. The summed E-state index contributed by atoms with van der Waals surface area (Å²) in [7, 11) is 0. The summed E-state index contributed by atoms with van der Waals surface area (Å²) in [6, 6.07) is 0. The van der Waals surface area contributed by atoms with Gasteiger partial charge in [0.1, 0.15) is 0 Å². The highest BCUT2D eigenvalue weighted by Gasteiger charge is 2.27. The molecule has 0 aromatic rings. The van der Waals surface area contributed by atoms with Gasteiger partial charge in [0.2, 0.25) is 11.8 Å². The Morgan fingerprint density at radius 1 is 1.45 bits per heavy atom. The van der Waals surface area contributed by atoms with Crippen molar-refractivity contribution in [2.75, 3.05) is 32.8 Å². The number of hydrogen-bond acceptors (Lipinski definition) is 4. The van der Waals surface area contributed by atoms with Crippen LogP contribution in [0.25, 0.3) is 0 Å². The molecule has 1 aliphatic rings. The van der Waals surface area contributed by atoms with Crippen LogP contribution in [0.2, 0.25) is 0 Å². The van der Waals surface area contributed by atoms with Crippen LogP contribution in [0.3, 0.4) is 0 Å². The van der Waals surface area contributed by atoms with Crippen LogP contribution in [0, 0.1) is 5.92 Å². The topological polar surface area (TPSA) is 84.7 Å². The maximum atomic E-state index is 12.1. The van der Waals surface area contributed by atoms with Crippen molar-refractivity contribution in [2.45, 2.75) is 39.2 Å². The Morgan fingerprint density at radius 2 is 2.20 bits per heavy atom. The molecule has 20 heavy (non-hydrogen) atoms. The number of likely N-dealkylation sites (tertiary alicyclic amines) is 1. The molecule has 0 bridgehead atoms. The summed E-state index contributed by atoms with van der Waals surface area (Å²) in [5.41, 5.74) is 5.37. The van der Waals surface area contributed by atoms with Crippen molar-refractivity contribution in [3.63, 3.8) is 0 Å². The van der Waals surface area contributed by atoms with Gasteiger partial charge in [-0.3, -0.25) is 9.59 Å². The molecule has 1 rings (SSSR count). The second-order valence-corrected chi connectivity index (χ2v) is 5.43. The number of piperidine rings is 1. The third-order valence-electron chi connectivity index (χ3n) is 3.36. The van der Waals surface area contributed by atoms with Crippen LogP contribution in [-0.4, -0.2) is 55.6 Å². The van der Waals surface area contributed by atoms with Crippen LogP contribution in [0.5, 0.6) is 0 Å². The van der Waals surface area contributed by atoms with Crippen molar-refractivity contribution in [1.82, 2.24) is 10.2 Å². The number of carbonyl (C=O) groups is 2. The number of ether oxygens (including phenoxy) is 1. The van der Waals surface area contributed by atoms with Gasteiger partial charge in [-0.05, 0) is 26.7 Å². The maximum absolute atomic E-state index is 12.1.